The fraction of sp³-hybridized carbons (Fsp3) is 0.0714. The van der Waals surface area contributed by atoms with Crippen LogP contribution in [0.25, 0.3) is 22.2 Å². The van der Waals surface area contributed by atoms with Gasteiger partial charge in [0.05, 0.1) is 21.7 Å². The van der Waals surface area contributed by atoms with Crippen molar-refractivity contribution in [3.8, 4) is 11.3 Å². The van der Waals surface area contributed by atoms with Crippen molar-refractivity contribution in [2.24, 2.45) is 0 Å². The smallest absolute Gasteiger partial charge is 0.264 e. The molecule has 1 amide bonds. The summed E-state index contributed by atoms with van der Waals surface area (Å²) < 4.78 is 27.8. The van der Waals surface area contributed by atoms with Crippen LogP contribution in [0.1, 0.15) is 21.6 Å². The number of anilines is 2. The summed E-state index contributed by atoms with van der Waals surface area (Å²) in [5, 5.41) is 3.59. The van der Waals surface area contributed by atoms with Gasteiger partial charge in [-0.05, 0) is 56.3 Å². The van der Waals surface area contributed by atoms with Crippen LogP contribution in [0.4, 0.5) is 11.6 Å². The number of nitrogens with zero attached hydrogens (tertiary/aromatic N) is 3. The molecule has 0 aliphatic carbocycles. The zero-order chi connectivity index (χ0) is 26.0. The normalized spacial score (nSPS) is 11.3. The lowest BCUT2D eigenvalue weighted by molar-refractivity contribution is 0.102. The molecule has 0 radical (unpaired) electrons. The van der Waals surface area contributed by atoms with Crippen molar-refractivity contribution < 1.29 is 13.2 Å². The minimum absolute atomic E-state index is 0.00803. The molecule has 9 heteroatoms. The number of para-hydroxylation sites is 1. The first-order valence-corrected chi connectivity index (χ1v) is 13.0. The van der Waals surface area contributed by atoms with Gasteiger partial charge in [0.25, 0.3) is 15.9 Å². The van der Waals surface area contributed by atoms with Crippen LogP contribution in [-0.2, 0) is 10.0 Å². The molecule has 3 aromatic carbocycles. The summed E-state index contributed by atoms with van der Waals surface area (Å²) in [6.45, 7) is 3.76. The van der Waals surface area contributed by atoms with Gasteiger partial charge in [0.1, 0.15) is 0 Å². The van der Waals surface area contributed by atoms with Crippen LogP contribution in [0.2, 0.25) is 0 Å². The van der Waals surface area contributed by atoms with Crippen molar-refractivity contribution in [3.63, 3.8) is 0 Å². The summed E-state index contributed by atoms with van der Waals surface area (Å²) in [4.78, 5) is 26.1. The minimum atomic E-state index is -3.89. The summed E-state index contributed by atoms with van der Waals surface area (Å²) >= 11 is 0. The van der Waals surface area contributed by atoms with Gasteiger partial charge in [0.15, 0.2) is 0 Å². The molecule has 2 heterocycles. The van der Waals surface area contributed by atoms with Crippen LogP contribution < -0.4 is 10.0 Å². The third-order valence-corrected chi connectivity index (χ3v) is 7.10. The Labute approximate surface area is 214 Å². The molecule has 0 spiro atoms. The van der Waals surface area contributed by atoms with Gasteiger partial charge < -0.3 is 5.32 Å². The van der Waals surface area contributed by atoms with E-state index in [0.717, 1.165) is 16.5 Å². The molecule has 0 fully saturated rings. The average molecular weight is 510 g/mol. The average Bonchev–Trinajstić information content (AvgIpc) is 2.88. The van der Waals surface area contributed by atoms with Crippen LogP contribution in [0.3, 0.4) is 0 Å². The third-order valence-electron chi connectivity index (χ3n) is 5.75. The number of carbonyl (C=O) groups is 1. The fourth-order valence-electron chi connectivity index (χ4n) is 3.83. The minimum Gasteiger partial charge on any atom is -0.322 e. The number of pyridine rings is 1. The summed E-state index contributed by atoms with van der Waals surface area (Å²) in [6.07, 6.45) is 1.48. The van der Waals surface area contributed by atoms with Crippen molar-refractivity contribution >= 4 is 38.5 Å². The van der Waals surface area contributed by atoms with Gasteiger partial charge in [-0.3, -0.25) is 4.79 Å². The van der Waals surface area contributed by atoms with E-state index in [-0.39, 0.29) is 16.8 Å². The Bertz CT molecular complexity index is 1720. The Balaban J connectivity index is 1.41. The molecule has 0 saturated heterocycles. The largest absolute Gasteiger partial charge is 0.322 e. The van der Waals surface area contributed by atoms with Crippen LogP contribution in [0, 0.1) is 13.8 Å². The number of hydrogen-bond donors (Lipinski definition) is 2. The highest BCUT2D eigenvalue weighted by Crippen LogP contribution is 2.26. The Kier molecular flexibility index (Phi) is 6.37. The molecule has 0 bridgehead atoms. The zero-order valence-electron chi connectivity index (χ0n) is 20.1. The molecule has 0 saturated carbocycles. The summed E-state index contributed by atoms with van der Waals surface area (Å²) in [6, 6.07) is 24.8. The SMILES string of the molecule is Cc1ccc(-c2cc(C(=O)Nc3ccc(S(=O)(=O)Nc4nccc(C)n4)cc3)c3ccccc3n2)cc1. The van der Waals surface area contributed by atoms with Gasteiger partial charge in [0, 0.05) is 28.5 Å². The Hall–Kier alpha value is -4.63. The van der Waals surface area contributed by atoms with Gasteiger partial charge in [-0.1, -0.05) is 48.0 Å². The number of rotatable bonds is 6. The zero-order valence-corrected chi connectivity index (χ0v) is 21.0. The van der Waals surface area contributed by atoms with E-state index in [0.29, 0.717) is 28.2 Å². The van der Waals surface area contributed by atoms with Crippen molar-refractivity contribution in [2.75, 3.05) is 10.0 Å². The molecule has 0 atom stereocenters. The molecule has 5 rings (SSSR count). The molecule has 8 nitrogen and oxygen atoms in total. The predicted octanol–water partition coefficient (Wildman–Crippen LogP) is 5.36. The van der Waals surface area contributed by atoms with Gasteiger partial charge in [0.2, 0.25) is 5.95 Å². The van der Waals surface area contributed by atoms with Crippen LogP contribution >= 0.6 is 0 Å². The van der Waals surface area contributed by atoms with Gasteiger partial charge >= 0.3 is 0 Å². The highest BCUT2D eigenvalue weighted by molar-refractivity contribution is 7.92. The number of benzene rings is 3. The van der Waals surface area contributed by atoms with E-state index in [1.165, 1.54) is 30.5 Å². The van der Waals surface area contributed by atoms with E-state index in [2.05, 4.69) is 20.0 Å². The van der Waals surface area contributed by atoms with Crippen LogP contribution in [0.5, 0.6) is 0 Å². The lowest BCUT2D eigenvalue weighted by Gasteiger charge is -2.12. The second-order valence-electron chi connectivity index (χ2n) is 8.54. The van der Waals surface area contributed by atoms with Crippen molar-refractivity contribution in [2.45, 2.75) is 18.7 Å². The topological polar surface area (TPSA) is 114 Å². The number of sulfonamides is 1. The van der Waals surface area contributed by atoms with E-state index in [4.69, 9.17) is 4.98 Å². The monoisotopic (exact) mass is 509 g/mol. The first-order valence-electron chi connectivity index (χ1n) is 11.5. The van der Waals surface area contributed by atoms with Gasteiger partial charge in [-0.25, -0.2) is 28.1 Å². The first-order chi connectivity index (χ1) is 17.8. The molecule has 5 aromatic rings. The molecular formula is C28H23N5O3S. The number of fused-ring (bicyclic) bond motifs is 1. The molecule has 184 valence electrons. The second-order valence-corrected chi connectivity index (χ2v) is 10.2. The number of hydrogen-bond acceptors (Lipinski definition) is 6. The number of carbonyl (C=O) groups excluding carboxylic acids is 1. The van der Waals surface area contributed by atoms with E-state index >= 15 is 0 Å². The molecular weight excluding hydrogens is 486 g/mol. The Morgan fingerprint density at radius 1 is 0.838 bits per heavy atom. The maximum Gasteiger partial charge on any atom is 0.264 e. The van der Waals surface area contributed by atoms with Crippen LogP contribution in [-0.4, -0.2) is 29.3 Å². The molecule has 2 aromatic heterocycles. The molecule has 37 heavy (non-hydrogen) atoms. The number of aromatic nitrogens is 3. The quantitative estimate of drug-likeness (QED) is 0.318. The summed E-state index contributed by atoms with van der Waals surface area (Å²) in [5.41, 5.74) is 5.00. The predicted molar refractivity (Wildman–Crippen MR) is 144 cm³/mol. The lowest BCUT2D eigenvalue weighted by atomic mass is 10.0. The summed E-state index contributed by atoms with van der Waals surface area (Å²) in [5.74, 6) is -0.333. The summed E-state index contributed by atoms with van der Waals surface area (Å²) in [7, 11) is -3.89. The van der Waals surface area contributed by atoms with E-state index < -0.39 is 10.0 Å². The highest BCUT2D eigenvalue weighted by atomic mass is 32.2. The van der Waals surface area contributed by atoms with Crippen LogP contribution in [0.15, 0.2) is 96.0 Å². The number of aryl methyl sites for hydroxylation is 2. The lowest BCUT2D eigenvalue weighted by Crippen LogP contribution is -2.16. The van der Waals surface area contributed by atoms with Crippen molar-refractivity contribution in [1.29, 1.82) is 0 Å². The molecule has 0 aliphatic heterocycles. The third kappa shape index (κ3) is 5.31. The standard InChI is InChI=1S/C28H23N5O3S/c1-18-7-9-20(10-8-18)26-17-24(23-5-3-4-6-25(23)32-26)27(34)31-21-11-13-22(14-12-21)37(35,36)33-28-29-16-15-19(2)30-28/h3-17H,1-2H3,(H,31,34)(H,29,30,33). The maximum absolute atomic E-state index is 13.3. The van der Waals surface area contributed by atoms with Crippen molar-refractivity contribution in [3.05, 3.63) is 108 Å². The molecule has 2 N–H and O–H groups in total. The van der Waals surface area contributed by atoms with Crippen molar-refractivity contribution in [1.82, 2.24) is 15.0 Å². The molecule has 0 unspecified atom stereocenters. The molecule has 0 aliphatic rings. The Morgan fingerprint density at radius 2 is 1.57 bits per heavy atom. The first kappa shape index (κ1) is 24.1. The van der Waals surface area contributed by atoms with Gasteiger partial charge in [-0.15, -0.1) is 0 Å². The van der Waals surface area contributed by atoms with Gasteiger partial charge in [-0.2, -0.15) is 0 Å². The van der Waals surface area contributed by atoms with E-state index in [9.17, 15) is 13.2 Å². The second kappa shape index (κ2) is 9.79. The number of nitrogens with one attached hydrogen (secondary N) is 2. The maximum atomic E-state index is 13.3. The van der Waals surface area contributed by atoms with E-state index in [1.807, 2.05) is 55.5 Å². The highest BCUT2D eigenvalue weighted by Gasteiger charge is 2.17. The van der Waals surface area contributed by atoms with E-state index in [1.54, 1.807) is 19.1 Å². The Morgan fingerprint density at radius 3 is 2.30 bits per heavy atom. The number of amides is 1. The fourth-order valence-corrected chi connectivity index (χ4v) is 4.78.